The normalized spacial score (nSPS) is 17.9. The molecule has 7 nitrogen and oxygen atoms in total. The third-order valence-corrected chi connectivity index (χ3v) is 2.41. The van der Waals surface area contributed by atoms with Crippen LogP contribution in [0.2, 0.25) is 0 Å². The van der Waals surface area contributed by atoms with Gasteiger partial charge in [-0.2, -0.15) is 0 Å². The molecule has 0 aliphatic carbocycles. The van der Waals surface area contributed by atoms with Crippen molar-refractivity contribution >= 4 is 23.7 Å². The lowest BCUT2D eigenvalue weighted by Crippen LogP contribution is -2.26. The van der Waals surface area contributed by atoms with Crippen LogP contribution in [0.15, 0.2) is 24.3 Å². The number of rotatable bonds is 2. The van der Waals surface area contributed by atoms with Gasteiger partial charge in [-0.05, 0) is 6.07 Å². The Labute approximate surface area is 102 Å². The zero-order valence-corrected chi connectivity index (χ0v) is 9.52. The molecule has 0 bridgehead atoms. The number of alkyl carbamates (subject to hydrolysis) is 1. The van der Waals surface area contributed by atoms with Gasteiger partial charge in [-0.3, -0.25) is 10.1 Å². The number of amides is 4. The standard InChI is InChI=1S/C11H11N3O4/c1-12-10(16)13-7-5-3-2-4-6(7)8-9(15)14-11(17)18-8/h2-5,8H,1H3,(H2,12,13,16)(H,14,15,17). The largest absolute Gasteiger partial charge is 0.431 e. The Morgan fingerprint density at radius 3 is 2.67 bits per heavy atom. The van der Waals surface area contributed by atoms with Gasteiger partial charge < -0.3 is 15.4 Å². The first-order chi connectivity index (χ1) is 8.61. The van der Waals surface area contributed by atoms with Crippen LogP contribution in [-0.4, -0.2) is 25.1 Å². The number of carbonyl (C=O) groups is 3. The highest BCUT2D eigenvalue weighted by Crippen LogP contribution is 2.28. The van der Waals surface area contributed by atoms with Crippen LogP contribution in [-0.2, 0) is 9.53 Å². The van der Waals surface area contributed by atoms with Crippen LogP contribution in [0.1, 0.15) is 11.7 Å². The Morgan fingerprint density at radius 1 is 1.33 bits per heavy atom. The molecule has 1 saturated heterocycles. The van der Waals surface area contributed by atoms with Crippen LogP contribution in [0.4, 0.5) is 15.3 Å². The first kappa shape index (κ1) is 11.9. The van der Waals surface area contributed by atoms with Crippen LogP contribution >= 0.6 is 0 Å². The van der Waals surface area contributed by atoms with Gasteiger partial charge in [0.05, 0.1) is 0 Å². The van der Waals surface area contributed by atoms with Gasteiger partial charge >= 0.3 is 12.1 Å². The summed E-state index contributed by atoms with van der Waals surface area (Å²) in [5.41, 5.74) is 0.830. The molecule has 18 heavy (non-hydrogen) atoms. The number of ether oxygens (including phenoxy) is 1. The van der Waals surface area contributed by atoms with Crippen molar-refractivity contribution < 1.29 is 19.1 Å². The molecule has 0 aromatic heterocycles. The number of benzene rings is 1. The van der Waals surface area contributed by atoms with E-state index in [9.17, 15) is 14.4 Å². The second kappa shape index (κ2) is 4.74. The average Bonchev–Trinajstić information content (AvgIpc) is 2.69. The SMILES string of the molecule is CNC(=O)Nc1ccccc1C1OC(=O)NC1=O. The number of imide groups is 1. The van der Waals surface area contributed by atoms with Crippen molar-refractivity contribution in [3.63, 3.8) is 0 Å². The molecule has 1 atom stereocenters. The first-order valence-electron chi connectivity index (χ1n) is 5.21. The van der Waals surface area contributed by atoms with E-state index in [1.165, 1.54) is 7.05 Å². The highest BCUT2D eigenvalue weighted by molar-refractivity contribution is 6.01. The fourth-order valence-electron chi connectivity index (χ4n) is 1.59. The number of urea groups is 1. The summed E-state index contributed by atoms with van der Waals surface area (Å²) in [7, 11) is 1.47. The van der Waals surface area contributed by atoms with Gasteiger partial charge in [0.1, 0.15) is 0 Å². The minimum Gasteiger partial charge on any atom is -0.431 e. The minimum absolute atomic E-state index is 0.409. The summed E-state index contributed by atoms with van der Waals surface area (Å²) in [5, 5.41) is 6.98. The molecule has 94 valence electrons. The number of hydrogen-bond acceptors (Lipinski definition) is 4. The number of carbonyl (C=O) groups excluding carboxylic acids is 3. The van der Waals surface area contributed by atoms with Gasteiger partial charge in [-0.25, -0.2) is 9.59 Å². The highest BCUT2D eigenvalue weighted by Gasteiger charge is 2.35. The van der Waals surface area contributed by atoms with Crippen LogP contribution in [0.25, 0.3) is 0 Å². The van der Waals surface area contributed by atoms with Crippen molar-refractivity contribution in [2.75, 3.05) is 12.4 Å². The Balaban J connectivity index is 2.30. The molecule has 0 radical (unpaired) electrons. The number of hydrogen-bond donors (Lipinski definition) is 3. The highest BCUT2D eigenvalue weighted by atomic mass is 16.6. The quantitative estimate of drug-likeness (QED) is 0.720. The number of anilines is 1. The van der Waals surface area contributed by atoms with E-state index in [2.05, 4.69) is 10.6 Å². The van der Waals surface area contributed by atoms with E-state index in [0.29, 0.717) is 11.3 Å². The molecule has 1 heterocycles. The van der Waals surface area contributed by atoms with Crippen LogP contribution in [0.5, 0.6) is 0 Å². The van der Waals surface area contributed by atoms with E-state index < -0.39 is 24.1 Å². The van der Waals surface area contributed by atoms with Crippen molar-refractivity contribution in [2.45, 2.75) is 6.10 Å². The molecule has 2 rings (SSSR count). The molecule has 3 N–H and O–H groups in total. The molecule has 1 unspecified atom stereocenters. The second-order valence-electron chi connectivity index (χ2n) is 3.57. The molecular formula is C11H11N3O4. The second-order valence-corrected chi connectivity index (χ2v) is 3.57. The van der Waals surface area contributed by atoms with Crippen molar-refractivity contribution in [3.8, 4) is 0 Å². The molecule has 1 aliphatic rings. The van der Waals surface area contributed by atoms with Crippen LogP contribution < -0.4 is 16.0 Å². The third-order valence-electron chi connectivity index (χ3n) is 2.41. The van der Waals surface area contributed by atoms with Gasteiger partial charge in [-0.1, -0.05) is 18.2 Å². The first-order valence-corrected chi connectivity index (χ1v) is 5.21. The van der Waals surface area contributed by atoms with Crippen molar-refractivity contribution in [2.24, 2.45) is 0 Å². The predicted molar refractivity (Wildman–Crippen MR) is 61.9 cm³/mol. The van der Waals surface area contributed by atoms with E-state index in [0.717, 1.165) is 0 Å². The van der Waals surface area contributed by atoms with E-state index in [-0.39, 0.29) is 0 Å². The topological polar surface area (TPSA) is 96.5 Å². The minimum atomic E-state index is -1.04. The lowest BCUT2D eigenvalue weighted by Gasteiger charge is -2.13. The van der Waals surface area contributed by atoms with Crippen molar-refractivity contribution in [3.05, 3.63) is 29.8 Å². The molecule has 1 aromatic rings. The van der Waals surface area contributed by atoms with Gasteiger partial charge in [0.2, 0.25) is 6.10 Å². The van der Waals surface area contributed by atoms with Gasteiger partial charge in [0.25, 0.3) is 5.91 Å². The zero-order valence-electron chi connectivity index (χ0n) is 9.52. The zero-order chi connectivity index (χ0) is 13.1. The van der Waals surface area contributed by atoms with E-state index in [1.54, 1.807) is 24.3 Å². The summed E-state index contributed by atoms with van der Waals surface area (Å²) in [4.78, 5) is 33.7. The molecule has 4 amide bonds. The molecule has 0 spiro atoms. The maximum atomic E-state index is 11.5. The number of para-hydroxylation sites is 1. The monoisotopic (exact) mass is 249 g/mol. The molecular weight excluding hydrogens is 238 g/mol. The van der Waals surface area contributed by atoms with Crippen molar-refractivity contribution in [1.82, 2.24) is 10.6 Å². The van der Waals surface area contributed by atoms with E-state index in [4.69, 9.17) is 4.74 Å². The van der Waals surface area contributed by atoms with Gasteiger partial charge in [-0.15, -0.1) is 0 Å². The lowest BCUT2D eigenvalue weighted by atomic mass is 10.1. The summed E-state index contributed by atoms with van der Waals surface area (Å²) in [6, 6.07) is 6.18. The Hall–Kier alpha value is -2.57. The summed E-state index contributed by atoms with van der Waals surface area (Å²) < 4.78 is 4.84. The maximum Gasteiger partial charge on any atom is 0.415 e. The molecule has 1 aliphatic heterocycles. The smallest absolute Gasteiger partial charge is 0.415 e. The molecule has 0 saturated carbocycles. The third kappa shape index (κ3) is 2.24. The number of nitrogens with one attached hydrogen (secondary N) is 3. The molecule has 7 heteroatoms. The fraction of sp³-hybridized carbons (Fsp3) is 0.182. The molecule has 1 aromatic carbocycles. The fourth-order valence-corrected chi connectivity index (χ4v) is 1.59. The summed E-state index contributed by atoms with van der Waals surface area (Å²) in [5.74, 6) is -0.550. The summed E-state index contributed by atoms with van der Waals surface area (Å²) in [6.45, 7) is 0. The van der Waals surface area contributed by atoms with E-state index in [1.807, 2.05) is 5.32 Å². The Morgan fingerprint density at radius 2 is 2.06 bits per heavy atom. The Kier molecular flexibility index (Phi) is 3.13. The Bertz CT molecular complexity index is 515. The number of cyclic esters (lactones) is 1. The van der Waals surface area contributed by atoms with Crippen LogP contribution in [0.3, 0.4) is 0 Å². The average molecular weight is 249 g/mol. The van der Waals surface area contributed by atoms with E-state index >= 15 is 0 Å². The summed E-state index contributed by atoms with van der Waals surface area (Å²) in [6.07, 6.45) is -1.83. The maximum absolute atomic E-state index is 11.5. The summed E-state index contributed by atoms with van der Waals surface area (Å²) >= 11 is 0. The van der Waals surface area contributed by atoms with Gasteiger partial charge in [0, 0.05) is 18.3 Å². The molecule has 1 fully saturated rings. The van der Waals surface area contributed by atoms with Gasteiger partial charge in [0.15, 0.2) is 0 Å². The van der Waals surface area contributed by atoms with Crippen molar-refractivity contribution in [1.29, 1.82) is 0 Å². The van der Waals surface area contributed by atoms with Crippen LogP contribution in [0, 0.1) is 0 Å². The lowest BCUT2D eigenvalue weighted by molar-refractivity contribution is -0.123. The predicted octanol–water partition coefficient (Wildman–Crippen LogP) is 0.745.